The summed E-state index contributed by atoms with van der Waals surface area (Å²) >= 11 is 0.729. The van der Waals surface area contributed by atoms with E-state index in [4.69, 9.17) is 9.72 Å². The summed E-state index contributed by atoms with van der Waals surface area (Å²) in [7, 11) is -4.10. The van der Waals surface area contributed by atoms with Crippen LogP contribution in [0.4, 0.5) is 14.5 Å². The predicted octanol–water partition coefficient (Wildman–Crippen LogP) is 3.19. The third-order valence-corrected chi connectivity index (χ3v) is 9.70. The lowest BCUT2D eigenvalue weighted by Crippen LogP contribution is -2.54. The van der Waals surface area contributed by atoms with Gasteiger partial charge in [0.1, 0.15) is 23.0 Å². The molecule has 11 nitrogen and oxygen atoms in total. The summed E-state index contributed by atoms with van der Waals surface area (Å²) in [6.07, 6.45) is -0.835. The molecule has 3 fully saturated rings. The number of aromatic nitrogens is 4. The number of piperazine rings is 1. The standard InChI is InChI=1S/C24H28F2N8O3S2/c1-13-10-33(11-14(2)28-13)16-8-15(39(35,36)32-24(12-27)5-6-24)9-17-19(16)29-21(18-4-3-7-37-18)34(17)23-31-30-22(38-23)20(25)26/h8-9,13-14,18,20,28,32H,3-7,10-11H2,1-2H3/t13-,14-,18?/m0/s1. The maximum atomic E-state index is 13.6. The molecule has 3 atom stereocenters. The largest absolute Gasteiger partial charge is 0.370 e. The molecule has 0 radical (unpaired) electrons. The van der Waals surface area contributed by atoms with Gasteiger partial charge in [0, 0.05) is 31.8 Å². The average molecular weight is 579 g/mol. The first-order valence-corrected chi connectivity index (χ1v) is 15.2. The third-order valence-electron chi connectivity index (χ3n) is 7.27. The van der Waals surface area contributed by atoms with Gasteiger partial charge in [-0.15, -0.1) is 10.2 Å². The molecular weight excluding hydrogens is 550 g/mol. The van der Waals surface area contributed by atoms with Crippen molar-refractivity contribution in [3.8, 4) is 11.2 Å². The van der Waals surface area contributed by atoms with Gasteiger partial charge < -0.3 is 15.0 Å². The van der Waals surface area contributed by atoms with Crippen LogP contribution in [0.2, 0.25) is 0 Å². The van der Waals surface area contributed by atoms with Crippen molar-refractivity contribution in [1.29, 1.82) is 5.26 Å². The monoisotopic (exact) mass is 578 g/mol. The molecule has 4 heterocycles. The van der Waals surface area contributed by atoms with Crippen LogP contribution in [-0.2, 0) is 14.8 Å². The van der Waals surface area contributed by atoms with Gasteiger partial charge in [-0.1, -0.05) is 11.3 Å². The fraction of sp³-hybridized carbons (Fsp3) is 0.583. The molecule has 2 saturated heterocycles. The van der Waals surface area contributed by atoms with Crippen LogP contribution in [0, 0.1) is 11.3 Å². The molecule has 1 aliphatic carbocycles. The third kappa shape index (κ3) is 4.89. The van der Waals surface area contributed by atoms with Crippen molar-refractivity contribution < 1.29 is 21.9 Å². The molecule has 0 bridgehead atoms. The molecular formula is C24H28F2N8O3S2. The molecule has 0 amide bonds. The Labute approximate surface area is 228 Å². The Hall–Kier alpha value is -2.77. The number of anilines is 1. The van der Waals surface area contributed by atoms with E-state index in [2.05, 4.69) is 45.1 Å². The number of fused-ring (bicyclic) bond motifs is 1. The van der Waals surface area contributed by atoms with E-state index in [1.165, 1.54) is 6.07 Å². The molecule has 1 saturated carbocycles. The van der Waals surface area contributed by atoms with Gasteiger partial charge in [0.25, 0.3) is 6.43 Å². The minimum atomic E-state index is -4.10. The topological polar surface area (TPSA) is 138 Å². The summed E-state index contributed by atoms with van der Waals surface area (Å²) in [6.45, 7) is 5.85. The summed E-state index contributed by atoms with van der Waals surface area (Å²) in [5, 5.41) is 20.4. The summed E-state index contributed by atoms with van der Waals surface area (Å²) in [5.41, 5.74) is 0.416. The van der Waals surface area contributed by atoms with Crippen molar-refractivity contribution in [3.63, 3.8) is 0 Å². The van der Waals surface area contributed by atoms with Crippen LogP contribution in [0.3, 0.4) is 0 Å². The Morgan fingerprint density at radius 3 is 2.59 bits per heavy atom. The van der Waals surface area contributed by atoms with E-state index in [1.54, 1.807) is 10.6 Å². The van der Waals surface area contributed by atoms with Gasteiger partial charge in [-0.3, -0.25) is 4.57 Å². The van der Waals surface area contributed by atoms with E-state index in [0.717, 1.165) is 17.8 Å². The number of halogens is 2. The fourth-order valence-corrected chi connectivity index (χ4v) is 7.49. The zero-order chi connectivity index (χ0) is 27.5. The van der Waals surface area contributed by atoms with Crippen LogP contribution in [0.25, 0.3) is 16.2 Å². The molecule has 208 valence electrons. The lowest BCUT2D eigenvalue weighted by Gasteiger charge is -2.37. The van der Waals surface area contributed by atoms with Crippen molar-refractivity contribution in [2.45, 2.75) is 74.6 Å². The molecule has 1 unspecified atom stereocenters. The Balaban J connectivity index is 1.59. The van der Waals surface area contributed by atoms with E-state index >= 15 is 0 Å². The maximum Gasteiger partial charge on any atom is 0.291 e. The van der Waals surface area contributed by atoms with Crippen LogP contribution in [0.5, 0.6) is 0 Å². The molecule has 6 rings (SSSR count). The predicted molar refractivity (Wildman–Crippen MR) is 140 cm³/mol. The van der Waals surface area contributed by atoms with Crippen molar-refractivity contribution in [1.82, 2.24) is 29.8 Å². The van der Waals surface area contributed by atoms with Crippen LogP contribution in [0.15, 0.2) is 17.0 Å². The number of hydrogen-bond donors (Lipinski definition) is 2. The summed E-state index contributed by atoms with van der Waals surface area (Å²) in [4.78, 5) is 6.99. The number of ether oxygens (including phenoxy) is 1. The summed E-state index contributed by atoms with van der Waals surface area (Å²) < 4.78 is 64.2. The zero-order valence-electron chi connectivity index (χ0n) is 21.4. The summed E-state index contributed by atoms with van der Waals surface area (Å²) in [6, 6.07) is 5.39. The molecule has 3 aliphatic rings. The van der Waals surface area contributed by atoms with Crippen LogP contribution in [-0.4, -0.2) is 65.5 Å². The highest BCUT2D eigenvalue weighted by atomic mass is 32.2. The number of nitrogens with one attached hydrogen (secondary N) is 2. The highest BCUT2D eigenvalue weighted by Crippen LogP contribution is 2.41. The van der Waals surface area contributed by atoms with Crippen LogP contribution in [0.1, 0.15) is 62.9 Å². The van der Waals surface area contributed by atoms with Gasteiger partial charge in [-0.2, -0.15) is 9.98 Å². The van der Waals surface area contributed by atoms with Crippen LogP contribution >= 0.6 is 11.3 Å². The molecule has 15 heteroatoms. The molecule has 0 spiro atoms. The number of rotatable bonds is 7. The fourth-order valence-electron chi connectivity index (χ4n) is 5.35. The molecule has 39 heavy (non-hydrogen) atoms. The first-order valence-electron chi connectivity index (χ1n) is 12.9. The minimum Gasteiger partial charge on any atom is -0.370 e. The number of nitriles is 1. The van der Waals surface area contributed by atoms with Gasteiger partial charge in [0.15, 0.2) is 5.01 Å². The van der Waals surface area contributed by atoms with E-state index in [9.17, 15) is 22.5 Å². The van der Waals surface area contributed by atoms with Gasteiger partial charge >= 0.3 is 0 Å². The van der Waals surface area contributed by atoms with E-state index in [1.807, 2.05) is 0 Å². The smallest absolute Gasteiger partial charge is 0.291 e. The number of alkyl halides is 2. The average Bonchev–Trinajstić information content (AvgIpc) is 3.30. The van der Waals surface area contributed by atoms with Crippen molar-refractivity contribution in [3.05, 3.63) is 23.0 Å². The highest BCUT2D eigenvalue weighted by molar-refractivity contribution is 7.89. The van der Waals surface area contributed by atoms with E-state index < -0.39 is 33.1 Å². The molecule has 2 N–H and O–H groups in total. The zero-order valence-corrected chi connectivity index (χ0v) is 23.0. The highest BCUT2D eigenvalue weighted by Gasteiger charge is 2.47. The Morgan fingerprint density at radius 1 is 1.26 bits per heavy atom. The van der Waals surface area contributed by atoms with Gasteiger partial charge in [-0.05, 0) is 51.7 Å². The number of nitrogens with zero attached hydrogens (tertiary/aromatic N) is 6. The SMILES string of the molecule is C[C@H]1CN(c2cc(S(=O)(=O)NC3(C#N)CC3)cc3c2nc(C2CCCO2)n3-c2nnc(C(F)F)s2)C[C@H](C)N1. The number of sulfonamides is 1. The van der Waals surface area contributed by atoms with Crippen molar-refractivity contribution in [2.75, 3.05) is 24.6 Å². The molecule has 3 aromatic rings. The summed E-state index contributed by atoms with van der Waals surface area (Å²) in [5.74, 6) is 0.468. The Bertz CT molecular complexity index is 1550. The lowest BCUT2D eigenvalue weighted by molar-refractivity contribution is 0.104. The molecule has 1 aromatic carbocycles. The second kappa shape index (κ2) is 9.70. The lowest BCUT2D eigenvalue weighted by atomic mass is 10.1. The van der Waals surface area contributed by atoms with Gasteiger partial charge in [-0.25, -0.2) is 22.2 Å². The number of hydrogen-bond acceptors (Lipinski definition) is 10. The number of benzene rings is 1. The quantitative estimate of drug-likeness (QED) is 0.433. The van der Waals surface area contributed by atoms with Crippen molar-refractivity contribution in [2.24, 2.45) is 0 Å². The van der Waals surface area contributed by atoms with E-state index in [0.29, 0.717) is 61.5 Å². The van der Waals surface area contributed by atoms with Gasteiger partial charge in [0.2, 0.25) is 15.2 Å². The second-order valence-electron chi connectivity index (χ2n) is 10.5. The number of imidazole rings is 1. The second-order valence-corrected chi connectivity index (χ2v) is 13.2. The first-order chi connectivity index (χ1) is 18.6. The first kappa shape index (κ1) is 26.5. The van der Waals surface area contributed by atoms with Crippen LogP contribution < -0.4 is 14.9 Å². The molecule has 2 aliphatic heterocycles. The minimum absolute atomic E-state index is 0.0380. The molecule has 2 aromatic heterocycles. The van der Waals surface area contributed by atoms with Crippen molar-refractivity contribution >= 4 is 38.1 Å². The van der Waals surface area contributed by atoms with Gasteiger partial charge in [0.05, 0.1) is 22.2 Å². The Kier molecular flexibility index (Phi) is 6.58. The maximum absolute atomic E-state index is 13.6. The van der Waals surface area contributed by atoms with E-state index in [-0.39, 0.29) is 22.1 Å². The normalized spacial score (nSPS) is 24.9. The Morgan fingerprint density at radius 2 is 2.00 bits per heavy atom.